The van der Waals surface area contributed by atoms with Gasteiger partial charge in [0.15, 0.2) is 0 Å². The standard InChI is InChI=1S/C14H13ClN2O2/c1-17(10-6-8-11(19-2)9-7-10)14(18)12-4-3-5-13(15)16-12/h3-9H,1-2H3. The lowest BCUT2D eigenvalue weighted by Gasteiger charge is -2.17. The molecule has 0 radical (unpaired) electrons. The number of carbonyl (C=O) groups is 1. The van der Waals surface area contributed by atoms with Crippen LogP contribution >= 0.6 is 11.6 Å². The molecule has 0 saturated heterocycles. The highest BCUT2D eigenvalue weighted by atomic mass is 35.5. The number of pyridine rings is 1. The van der Waals surface area contributed by atoms with Crippen molar-refractivity contribution in [1.82, 2.24) is 4.98 Å². The van der Waals surface area contributed by atoms with Gasteiger partial charge in [-0.3, -0.25) is 4.79 Å². The fourth-order valence-corrected chi connectivity index (χ4v) is 1.79. The van der Waals surface area contributed by atoms with Crippen LogP contribution in [0, 0.1) is 0 Å². The predicted octanol–water partition coefficient (Wildman–Crippen LogP) is 3.02. The van der Waals surface area contributed by atoms with Crippen LogP contribution in [-0.2, 0) is 0 Å². The van der Waals surface area contributed by atoms with Crippen LogP contribution in [0.15, 0.2) is 42.5 Å². The summed E-state index contributed by atoms with van der Waals surface area (Å²) in [7, 11) is 3.28. The number of hydrogen-bond acceptors (Lipinski definition) is 3. The third-order valence-corrected chi connectivity index (χ3v) is 2.91. The Hall–Kier alpha value is -2.07. The van der Waals surface area contributed by atoms with Crippen LogP contribution in [-0.4, -0.2) is 25.0 Å². The van der Waals surface area contributed by atoms with Crippen LogP contribution in [0.5, 0.6) is 5.75 Å². The maximum Gasteiger partial charge on any atom is 0.276 e. The Morgan fingerprint density at radius 1 is 1.21 bits per heavy atom. The number of anilines is 1. The Kier molecular flexibility index (Phi) is 4.02. The minimum atomic E-state index is -0.215. The average Bonchev–Trinajstić information content (AvgIpc) is 2.46. The largest absolute Gasteiger partial charge is 0.497 e. The molecule has 0 aliphatic carbocycles. The molecule has 5 heteroatoms. The third-order valence-electron chi connectivity index (χ3n) is 2.70. The van der Waals surface area contributed by atoms with E-state index in [0.717, 1.165) is 11.4 Å². The topological polar surface area (TPSA) is 42.4 Å². The van der Waals surface area contributed by atoms with Gasteiger partial charge in [-0.05, 0) is 36.4 Å². The molecular formula is C14H13ClN2O2. The smallest absolute Gasteiger partial charge is 0.276 e. The molecule has 2 aromatic rings. The zero-order valence-corrected chi connectivity index (χ0v) is 11.4. The van der Waals surface area contributed by atoms with Gasteiger partial charge in [0, 0.05) is 12.7 Å². The highest BCUT2D eigenvalue weighted by Gasteiger charge is 2.15. The van der Waals surface area contributed by atoms with Gasteiger partial charge in [0.2, 0.25) is 0 Å². The van der Waals surface area contributed by atoms with Crippen LogP contribution in [0.1, 0.15) is 10.5 Å². The summed E-state index contributed by atoms with van der Waals surface area (Å²) in [6, 6.07) is 12.2. The minimum Gasteiger partial charge on any atom is -0.497 e. The van der Waals surface area contributed by atoms with Crippen molar-refractivity contribution in [3.63, 3.8) is 0 Å². The summed E-state index contributed by atoms with van der Waals surface area (Å²) in [5.41, 5.74) is 1.07. The fourth-order valence-electron chi connectivity index (χ4n) is 1.62. The number of ether oxygens (including phenoxy) is 1. The molecule has 0 spiro atoms. The Bertz CT molecular complexity index is 584. The molecule has 0 bridgehead atoms. The minimum absolute atomic E-state index is 0.215. The number of halogens is 1. The van der Waals surface area contributed by atoms with Gasteiger partial charge in [-0.15, -0.1) is 0 Å². The van der Waals surface area contributed by atoms with E-state index in [1.165, 1.54) is 4.90 Å². The van der Waals surface area contributed by atoms with E-state index in [-0.39, 0.29) is 5.91 Å². The lowest BCUT2D eigenvalue weighted by molar-refractivity contribution is 0.0988. The van der Waals surface area contributed by atoms with Gasteiger partial charge >= 0.3 is 0 Å². The highest BCUT2D eigenvalue weighted by molar-refractivity contribution is 6.29. The molecule has 1 aromatic heterocycles. The number of methoxy groups -OCH3 is 1. The van der Waals surface area contributed by atoms with E-state index in [2.05, 4.69) is 4.98 Å². The predicted molar refractivity (Wildman–Crippen MR) is 75.0 cm³/mol. The highest BCUT2D eigenvalue weighted by Crippen LogP contribution is 2.19. The van der Waals surface area contributed by atoms with Crippen molar-refractivity contribution in [2.75, 3.05) is 19.1 Å². The number of hydrogen-bond donors (Lipinski definition) is 0. The number of carbonyl (C=O) groups excluding carboxylic acids is 1. The first-order valence-electron chi connectivity index (χ1n) is 5.66. The molecule has 0 fully saturated rings. The fraction of sp³-hybridized carbons (Fsp3) is 0.143. The molecule has 1 heterocycles. The maximum atomic E-state index is 12.2. The molecule has 1 aromatic carbocycles. The summed E-state index contributed by atoms with van der Waals surface area (Å²) < 4.78 is 5.08. The van der Waals surface area contributed by atoms with Gasteiger partial charge in [-0.25, -0.2) is 4.98 Å². The second-order valence-electron chi connectivity index (χ2n) is 3.91. The zero-order chi connectivity index (χ0) is 13.8. The number of rotatable bonds is 3. The van der Waals surface area contributed by atoms with Crippen LogP contribution < -0.4 is 9.64 Å². The van der Waals surface area contributed by atoms with Crippen molar-refractivity contribution in [3.8, 4) is 5.75 Å². The van der Waals surface area contributed by atoms with E-state index >= 15 is 0 Å². The van der Waals surface area contributed by atoms with Crippen molar-refractivity contribution >= 4 is 23.2 Å². The monoisotopic (exact) mass is 276 g/mol. The van der Waals surface area contributed by atoms with Crippen molar-refractivity contribution in [2.45, 2.75) is 0 Å². The number of aromatic nitrogens is 1. The molecule has 2 rings (SSSR count). The van der Waals surface area contributed by atoms with E-state index in [9.17, 15) is 4.79 Å². The Morgan fingerprint density at radius 3 is 2.47 bits per heavy atom. The van der Waals surface area contributed by atoms with E-state index in [1.54, 1.807) is 56.6 Å². The van der Waals surface area contributed by atoms with Gasteiger partial charge in [0.05, 0.1) is 7.11 Å². The number of nitrogens with zero attached hydrogens (tertiary/aromatic N) is 2. The molecule has 19 heavy (non-hydrogen) atoms. The second kappa shape index (κ2) is 5.71. The zero-order valence-electron chi connectivity index (χ0n) is 10.6. The Labute approximate surface area is 116 Å². The molecule has 0 aliphatic heterocycles. The normalized spacial score (nSPS) is 10.1. The van der Waals surface area contributed by atoms with Crippen molar-refractivity contribution < 1.29 is 9.53 Å². The lowest BCUT2D eigenvalue weighted by atomic mass is 10.2. The molecule has 98 valence electrons. The third kappa shape index (κ3) is 3.03. The van der Waals surface area contributed by atoms with Crippen LogP contribution in [0.4, 0.5) is 5.69 Å². The molecule has 4 nitrogen and oxygen atoms in total. The molecule has 0 unspecified atom stereocenters. The lowest BCUT2D eigenvalue weighted by Crippen LogP contribution is -2.27. The maximum absolute atomic E-state index is 12.2. The van der Waals surface area contributed by atoms with Crippen LogP contribution in [0.25, 0.3) is 0 Å². The quantitative estimate of drug-likeness (QED) is 0.809. The summed E-state index contributed by atoms with van der Waals surface area (Å²) in [6.07, 6.45) is 0. The number of benzene rings is 1. The molecule has 0 aliphatic rings. The van der Waals surface area contributed by atoms with Gasteiger partial charge in [-0.2, -0.15) is 0 Å². The summed E-state index contributed by atoms with van der Waals surface area (Å²) in [6.45, 7) is 0. The summed E-state index contributed by atoms with van der Waals surface area (Å²) in [5, 5.41) is 0.300. The van der Waals surface area contributed by atoms with E-state index in [0.29, 0.717) is 10.8 Å². The SMILES string of the molecule is COc1ccc(N(C)C(=O)c2cccc(Cl)n2)cc1. The summed E-state index contributed by atoms with van der Waals surface area (Å²) in [5.74, 6) is 0.526. The first kappa shape index (κ1) is 13.4. The molecule has 0 atom stereocenters. The van der Waals surface area contributed by atoms with Gasteiger partial charge in [0.1, 0.15) is 16.6 Å². The van der Waals surface area contributed by atoms with Crippen LogP contribution in [0.3, 0.4) is 0 Å². The first-order valence-corrected chi connectivity index (χ1v) is 6.04. The Balaban J connectivity index is 2.23. The first-order chi connectivity index (χ1) is 9.11. The van der Waals surface area contributed by atoms with Gasteiger partial charge in [0.25, 0.3) is 5.91 Å². The van der Waals surface area contributed by atoms with Crippen molar-refractivity contribution in [1.29, 1.82) is 0 Å². The van der Waals surface area contributed by atoms with Crippen LogP contribution in [0.2, 0.25) is 5.15 Å². The molecular weight excluding hydrogens is 264 g/mol. The second-order valence-corrected chi connectivity index (χ2v) is 4.29. The number of amides is 1. The van der Waals surface area contributed by atoms with E-state index in [1.807, 2.05) is 0 Å². The molecule has 0 saturated carbocycles. The summed E-state index contributed by atoms with van der Waals surface area (Å²) >= 11 is 5.78. The van der Waals surface area contributed by atoms with Gasteiger partial charge < -0.3 is 9.64 Å². The van der Waals surface area contributed by atoms with Crippen molar-refractivity contribution in [2.24, 2.45) is 0 Å². The van der Waals surface area contributed by atoms with E-state index < -0.39 is 0 Å². The molecule has 1 amide bonds. The van der Waals surface area contributed by atoms with Crippen molar-refractivity contribution in [3.05, 3.63) is 53.3 Å². The van der Waals surface area contributed by atoms with Gasteiger partial charge in [-0.1, -0.05) is 17.7 Å². The molecule has 0 N–H and O–H groups in total. The Morgan fingerprint density at radius 2 is 1.89 bits per heavy atom. The average molecular weight is 277 g/mol. The van der Waals surface area contributed by atoms with E-state index in [4.69, 9.17) is 16.3 Å². The summed E-state index contributed by atoms with van der Waals surface area (Å²) in [4.78, 5) is 17.7.